The Kier molecular flexibility index (Phi) is 4.41. The van der Waals surface area contributed by atoms with E-state index in [0.29, 0.717) is 0 Å². The molecule has 0 aliphatic carbocycles. The molecule has 1 rings (SSSR count). The van der Waals surface area contributed by atoms with Gasteiger partial charge in [0.15, 0.2) is 0 Å². The summed E-state index contributed by atoms with van der Waals surface area (Å²) in [6.45, 7) is 7.25. The number of nitrogens with zero attached hydrogens (tertiary/aromatic N) is 1. The molecular formula is C14H22N2. The second kappa shape index (κ2) is 5.59. The largest absolute Gasteiger partial charge is 0.382 e. The summed E-state index contributed by atoms with van der Waals surface area (Å²) in [7, 11) is 4.14. The van der Waals surface area contributed by atoms with E-state index in [-0.39, 0.29) is 0 Å². The number of hydrogen-bond donors (Lipinski definition) is 1. The van der Waals surface area contributed by atoms with Crippen LogP contribution in [0.4, 0.5) is 11.4 Å². The summed E-state index contributed by atoms with van der Waals surface area (Å²) in [5, 5.41) is 3.40. The van der Waals surface area contributed by atoms with Crippen molar-refractivity contribution in [1.82, 2.24) is 0 Å². The second-order valence-corrected chi connectivity index (χ2v) is 4.56. The maximum absolute atomic E-state index is 3.40. The van der Waals surface area contributed by atoms with Gasteiger partial charge < -0.3 is 10.2 Å². The molecule has 1 N–H and O–H groups in total. The van der Waals surface area contributed by atoms with Crippen molar-refractivity contribution >= 4 is 11.4 Å². The van der Waals surface area contributed by atoms with Crippen LogP contribution in [0.2, 0.25) is 0 Å². The average molecular weight is 218 g/mol. The Morgan fingerprint density at radius 3 is 2.56 bits per heavy atom. The van der Waals surface area contributed by atoms with E-state index in [2.05, 4.69) is 69.4 Å². The molecule has 16 heavy (non-hydrogen) atoms. The van der Waals surface area contributed by atoms with Gasteiger partial charge in [0, 0.05) is 32.0 Å². The third-order valence-corrected chi connectivity index (χ3v) is 2.51. The van der Waals surface area contributed by atoms with Crippen LogP contribution in [-0.2, 0) is 0 Å². The fourth-order valence-electron chi connectivity index (χ4n) is 1.57. The molecule has 1 aromatic rings. The summed E-state index contributed by atoms with van der Waals surface area (Å²) in [6, 6.07) is 6.47. The summed E-state index contributed by atoms with van der Waals surface area (Å²) in [5.41, 5.74) is 5.08. The van der Waals surface area contributed by atoms with Crippen molar-refractivity contribution in [2.75, 3.05) is 30.9 Å². The van der Waals surface area contributed by atoms with Crippen molar-refractivity contribution < 1.29 is 0 Å². The molecule has 2 heteroatoms. The first-order valence-electron chi connectivity index (χ1n) is 5.66. The molecular weight excluding hydrogens is 196 g/mol. The Hall–Kier alpha value is -1.44. The zero-order chi connectivity index (χ0) is 12.1. The van der Waals surface area contributed by atoms with Gasteiger partial charge in [0.1, 0.15) is 0 Å². The second-order valence-electron chi connectivity index (χ2n) is 4.56. The van der Waals surface area contributed by atoms with Crippen molar-refractivity contribution in [1.29, 1.82) is 0 Å². The predicted molar refractivity (Wildman–Crippen MR) is 73.4 cm³/mol. The molecule has 0 bridgehead atoms. The number of anilines is 2. The van der Waals surface area contributed by atoms with Gasteiger partial charge in [0.25, 0.3) is 0 Å². The van der Waals surface area contributed by atoms with Crippen LogP contribution >= 0.6 is 0 Å². The Bertz CT molecular complexity index is 374. The molecule has 0 spiro atoms. The van der Waals surface area contributed by atoms with E-state index in [4.69, 9.17) is 0 Å². The van der Waals surface area contributed by atoms with E-state index in [1.807, 2.05) is 0 Å². The lowest BCUT2D eigenvalue weighted by atomic mass is 10.1. The minimum atomic E-state index is 0.887. The van der Waals surface area contributed by atoms with Gasteiger partial charge >= 0.3 is 0 Å². The van der Waals surface area contributed by atoms with E-state index in [9.17, 15) is 0 Å². The number of allylic oxidation sites excluding steroid dienone is 1. The number of rotatable bonds is 4. The molecule has 0 atom stereocenters. The van der Waals surface area contributed by atoms with Crippen molar-refractivity contribution in [3.63, 3.8) is 0 Å². The summed E-state index contributed by atoms with van der Waals surface area (Å²) >= 11 is 0. The van der Waals surface area contributed by atoms with E-state index >= 15 is 0 Å². The van der Waals surface area contributed by atoms with Crippen molar-refractivity contribution in [3.05, 3.63) is 35.4 Å². The maximum atomic E-state index is 3.40. The van der Waals surface area contributed by atoms with Crippen LogP contribution in [0.5, 0.6) is 0 Å². The van der Waals surface area contributed by atoms with E-state index < -0.39 is 0 Å². The molecule has 0 aliphatic heterocycles. The predicted octanol–water partition coefficient (Wildman–Crippen LogP) is 3.44. The van der Waals surface area contributed by atoms with Gasteiger partial charge in [-0.25, -0.2) is 0 Å². The highest BCUT2D eigenvalue weighted by Gasteiger charge is 2.01. The Morgan fingerprint density at radius 2 is 2.00 bits per heavy atom. The maximum Gasteiger partial charge on any atom is 0.0411 e. The Balaban J connectivity index is 2.75. The molecule has 0 unspecified atom stereocenters. The molecule has 88 valence electrons. The fourth-order valence-corrected chi connectivity index (χ4v) is 1.57. The standard InChI is InChI=1S/C14H22N2/c1-11(2)8-9-15-13-7-6-12(3)14(10-13)16(4)5/h6-8,10,15H,9H2,1-5H3. The van der Waals surface area contributed by atoms with Gasteiger partial charge in [0.05, 0.1) is 0 Å². The molecule has 0 amide bonds. The van der Waals surface area contributed by atoms with Crippen molar-refractivity contribution in [2.45, 2.75) is 20.8 Å². The lowest BCUT2D eigenvalue weighted by molar-refractivity contribution is 1.11. The first kappa shape index (κ1) is 12.6. The molecule has 0 heterocycles. The lowest BCUT2D eigenvalue weighted by Gasteiger charge is -2.17. The number of benzene rings is 1. The minimum Gasteiger partial charge on any atom is -0.382 e. The summed E-state index contributed by atoms with van der Waals surface area (Å²) in [4.78, 5) is 2.14. The molecule has 0 aliphatic rings. The Labute approximate surface area is 99.0 Å². The van der Waals surface area contributed by atoms with Gasteiger partial charge in [-0.1, -0.05) is 17.7 Å². The zero-order valence-electron chi connectivity index (χ0n) is 11.0. The van der Waals surface area contributed by atoms with Crippen LogP contribution in [0.15, 0.2) is 29.8 Å². The van der Waals surface area contributed by atoms with Crippen LogP contribution < -0.4 is 10.2 Å². The van der Waals surface area contributed by atoms with E-state index in [1.54, 1.807) is 0 Å². The molecule has 0 saturated heterocycles. The van der Waals surface area contributed by atoms with Gasteiger partial charge in [-0.3, -0.25) is 0 Å². The monoisotopic (exact) mass is 218 g/mol. The molecule has 1 aromatic carbocycles. The average Bonchev–Trinajstić information content (AvgIpc) is 2.19. The molecule has 2 nitrogen and oxygen atoms in total. The summed E-state index contributed by atoms with van der Waals surface area (Å²) < 4.78 is 0. The van der Waals surface area contributed by atoms with Crippen LogP contribution in [0.3, 0.4) is 0 Å². The number of nitrogens with one attached hydrogen (secondary N) is 1. The van der Waals surface area contributed by atoms with E-state index in [0.717, 1.165) is 6.54 Å². The summed E-state index contributed by atoms with van der Waals surface area (Å²) in [6.07, 6.45) is 2.19. The lowest BCUT2D eigenvalue weighted by Crippen LogP contribution is -2.11. The van der Waals surface area contributed by atoms with Gasteiger partial charge in [-0.05, 0) is 38.5 Å². The highest BCUT2D eigenvalue weighted by Crippen LogP contribution is 2.22. The van der Waals surface area contributed by atoms with Crippen LogP contribution in [0.1, 0.15) is 19.4 Å². The highest BCUT2D eigenvalue weighted by molar-refractivity contribution is 5.61. The van der Waals surface area contributed by atoms with Gasteiger partial charge in [-0.15, -0.1) is 0 Å². The van der Waals surface area contributed by atoms with Crippen LogP contribution in [0.25, 0.3) is 0 Å². The smallest absolute Gasteiger partial charge is 0.0411 e. The number of hydrogen-bond acceptors (Lipinski definition) is 2. The minimum absolute atomic E-state index is 0.887. The normalized spacial score (nSPS) is 9.81. The van der Waals surface area contributed by atoms with Crippen LogP contribution in [0, 0.1) is 6.92 Å². The van der Waals surface area contributed by atoms with Crippen LogP contribution in [-0.4, -0.2) is 20.6 Å². The van der Waals surface area contributed by atoms with E-state index in [1.165, 1.54) is 22.5 Å². The molecule has 0 radical (unpaired) electrons. The number of aryl methyl sites for hydroxylation is 1. The molecule has 0 fully saturated rings. The van der Waals surface area contributed by atoms with Gasteiger partial charge in [0.2, 0.25) is 0 Å². The third-order valence-electron chi connectivity index (χ3n) is 2.51. The first-order chi connectivity index (χ1) is 7.50. The first-order valence-corrected chi connectivity index (χ1v) is 5.66. The topological polar surface area (TPSA) is 15.3 Å². The SMILES string of the molecule is CC(C)=CCNc1ccc(C)c(N(C)C)c1. The fraction of sp³-hybridized carbons (Fsp3) is 0.429. The Morgan fingerprint density at radius 1 is 1.31 bits per heavy atom. The zero-order valence-corrected chi connectivity index (χ0v) is 11.0. The van der Waals surface area contributed by atoms with Gasteiger partial charge in [-0.2, -0.15) is 0 Å². The molecule has 0 saturated carbocycles. The van der Waals surface area contributed by atoms with Crippen molar-refractivity contribution in [2.24, 2.45) is 0 Å². The third kappa shape index (κ3) is 3.61. The summed E-state index contributed by atoms with van der Waals surface area (Å²) in [5.74, 6) is 0. The van der Waals surface area contributed by atoms with Crippen molar-refractivity contribution in [3.8, 4) is 0 Å². The quantitative estimate of drug-likeness (QED) is 0.779. The highest BCUT2D eigenvalue weighted by atomic mass is 15.1. The molecule has 0 aromatic heterocycles.